The van der Waals surface area contributed by atoms with Crippen LogP contribution in [0.25, 0.3) is 0 Å². The minimum atomic E-state index is -0.773. The molecule has 0 aromatic heterocycles. The predicted molar refractivity (Wildman–Crippen MR) is 69.8 cm³/mol. The molecular weight excluding hydrogens is 250 g/mol. The van der Waals surface area contributed by atoms with Gasteiger partial charge in [0.05, 0.1) is 11.5 Å². The highest BCUT2D eigenvalue weighted by atomic mass is 32.2. The Morgan fingerprint density at radius 3 is 2.61 bits per heavy atom. The minimum Gasteiger partial charge on any atom is -0.481 e. The number of benzene rings is 1. The average Bonchev–Trinajstić information content (AvgIpc) is 2.32. The van der Waals surface area contributed by atoms with Gasteiger partial charge in [-0.25, -0.2) is 0 Å². The van der Waals surface area contributed by atoms with Crippen LogP contribution in [0.5, 0.6) is 0 Å². The summed E-state index contributed by atoms with van der Waals surface area (Å²) in [5, 5.41) is 11.6. The summed E-state index contributed by atoms with van der Waals surface area (Å²) in [6.07, 6.45) is 2.99. The molecule has 0 radical (unpaired) electrons. The molecule has 96 valence electrons. The zero-order valence-electron chi connectivity index (χ0n) is 10.1. The van der Waals surface area contributed by atoms with Crippen LogP contribution in [0.1, 0.15) is 23.2 Å². The van der Waals surface area contributed by atoms with E-state index < -0.39 is 5.97 Å². The Balaban J connectivity index is 1.95. The second kappa shape index (κ2) is 5.44. The summed E-state index contributed by atoms with van der Waals surface area (Å²) in [5.74, 6) is -1.19. The molecule has 0 heterocycles. The molecule has 1 aliphatic rings. The number of aliphatic carboxylic acids is 1. The summed E-state index contributed by atoms with van der Waals surface area (Å²) in [6.45, 7) is 0. The Morgan fingerprint density at radius 2 is 2.00 bits per heavy atom. The molecule has 1 aromatic carbocycles. The van der Waals surface area contributed by atoms with Gasteiger partial charge in [-0.3, -0.25) is 9.59 Å². The first-order chi connectivity index (χ1) is 8.61. The summed E-state index contributed by atoms with van der Waals surface area (Å²) in [6, 6.07) is 7.41. The SMILES string of the molecule is CSc1ccccc1C(=O)NC1CC(C(=O)O)C1. The van der Waals surface area contributed by atoms with E-state index in [1.165, 1.54) is 11.8 Å². The number of carbonyl (C=O) groups excluding carboxylic acids is 1. The summed E-state index contributed by atoms with van der Waals surface area (Å²) in [7, 11) is 0. The Hall–Kier alpha value is -1.49. The van der Waals surface area contributed by atoms with Crippen molar-refractivity contribution in [2.75, 3.05) is 6.26 Å². The Bertz CT molecular complexity index is 469. The van der Waals surface area contributed by atoms with Crippen molar-refractivity contribution in [1.82, 2.24) is 5.32 Å². The Kier molecular flexibility index (Phi) is 3.91. The first-order valence-electron chi connectivity index (χ1n) is 5.78. The normalized spacial score (nSPS) is 22.1. The van der Waals surface area contributed by atoms with Crippen LogP contribution in [0.15, 0.2) is 29.2 Å². The molecule has 0 aliphatic heterocycles. The van der Waals surface area contributed by atoms with Crippen molar-refractivity contribution in [3.63, 3.8) is 0 Å². The molecule has 2 rings (SSSR count). The summed E-state index contributed by atoms with van der Waals surface area (Å²) < 4.78 is 0. The Labute approximate surface area is 110 Å². The lowest BCUT2D eigenvalue weighted by atomic mass is 9.80. The Morgan fingerprint density at radius 1 is 1.33 bits per heavy atom. The maximum atomic E-state index is 12.0. The van der Waals surface area contributed by atoms with E-state index in [1.807, 2.05) is 24.5 Å². The van der Waals surface area contributed by atoms with Crippen molar-refractivity contribution in [1.29, 1.82) is 0 Å². The fourth-order valence-electron chi connectivity index (χ4n) is 2.03. The van der Waals surface area contributed by atoms with Crippen LogP contribution in [0.4, 0.5) is 0 Å². The van der Waals surface area contributed by atoms with Gasteiger partial charge in [-0.2, -0.15) is 0 Å². The van der Waals surface area contributed by atoms with E-state index in [2.05, 4.69) is 5.32 Å². The van der Waals surface area contributed by atoms with Crippen LogP contribution in [-0.2, 0) is 4.79 Å². The van der Waals surface area contributed by atoms with Crippen molar-refractivity contribution < 1.29 is 14.7 Å². The molecule has 4 nitrogen and oxygen atoms in total. The maximum Gasteiger partial charge on any atom is 0.306 e. The summed E-state index contributed by atoms with van der Waals surface area (Å²) >= 11 is 1.53. The lowest BCUT2D eigenvalue weighted by Crippen LogP contribution is -2.46. The molecule has 0 atom stereocenters. The molecular formula is C13H15NO3S. The smallest absolute Gasteiger partial charge is 0.306 e. The fraction of sp³-hybridized carbons (Fsp3) is 0.385. The standard InChI is InChI=1S/C13H15NO3S/c1-18-11-5-3-2-4-10(11)12(15)14-9-6-8(7-9)13(16)17/h2-5,8-9H,6-7H2,1H3,(H,14,15)(H,16,17). The van der Waals surface area contributed by atoms with E-state index in [0.717, 1.165) is 4.90 Å². The van der Waals surface area contributed by atoms with Crippen LogP contribution < -0.4 is 5.32 Å². The van der Waals surface area contributed by atoms with Crippen molar-refractivity contribution in [2.45, 2.75) is 23.8 Å². The molecule has 1 fully saturated rings. The van der Waals surface area contributed by atoms with Gasteiger partial charge < -0.3 is 10.4 Å². The third-order valence-electron chi connectivity index (χ3n) is 3.17. The van der Waals surface area contributed by atoms with Crippen LogP contribution in [0.3, 0.4) is 0 Å². The molecule has 5 heteroatoms. The van der Waals surface area contributed by atoms with Gasteiger partial charge in [-0.15, -0.1) is 11.8 Å². The molecule has 0 spiro atoms. The number of nitrogens with one attached hydrogen (secondary N) is 1. The third-order valence-corrected chi connectivity index (χ3v) is 3.97. The first kappa shape index (κ1) is 13.0. The summed E-state index contributed by atoms with van der Waals surface area (Å²) in [4.78, 5) is 23.6. The number of thioether (sulfide) groups is 1. The second-order valence-electron chi connectivity index (χ2n) is 4.38. The van der Waals surface area contributed by atoms with Crippen molar-refractivity contribution in [2.24, 2.45) is 5.92 Å². The van der Waals surface area contributed by atoms with Crippen molar-refractivity contribution >= 4 is 23.6 Å². The van der Waals surface area contributed by atoms with Gasteiger partial charge in [-0.1, -0.05) is 12.1 Å². The molecule has 18 heavy (non-hydrogen) atoms. The lowest BCUT2D eigenvalue weighted by Gasteiger charge is -2.32. The first-order valence-corrected chi connectivity index (χ1v) is 7.01. The van der Waals surface area contributed by atoms with E-state index in [0.29, 0.717) is 18.4 Å². The molecule has 1 saturated carbocycles. The van der Waals surface area contributed by atoms with E-state index in [-0.39, 0.29) is 17.9 Å². The van der Waals surface area contributed by atoms with E-state index >= 15 is 0 Å². The topological polar surface area (TPSA) is 66.4 Å². The number of carboxylic acids is 1. The van der Waals surface area contributed by atoms with Gasteiger partial charge in [0.25, 0.3) is 5.91 Å². The molecule has 0 unspecified atom stereocenters. The van der Waals surface area contributed by atoms with Gasteiger partial charge in [-0.05, 0) is 31.2 Å². The molecule has 0 bridgehead atoms. The molecule has 0 saturated heterocycles. The zero-order valence-corrected chi connectivity index (χ0v) is 10.9. The van der Waals surface area contributed by atoms with Crippen LogP contribution >= 0.6 is 11.8 Å². The highest BCUT2D eigenvalue weighted by molar-refractivity contribution is 7.98. The van der Waals surface area contributed by atoms with Crippen molar-refractivity contribution in [3.05, 3.63) is 29.8 Å². The van der Waals surface area contributed by atoms with E-state index in [4.69, 9.17) is 5.11 Å². The molecule has 1 amide bonds. The van der Waals surface area contributed by atoms with Crippen LogP contribution in [0, 0.1) is 5.92 Å². The van der Waals surface area contributed by atoms with Gasteiger partial charge in [0.2, 0.25) is 0 Å². The number of hydrogen-bond donors (Lipinski definition) is 2. The predicted octanol–water partition coefficient (Wildman–Crippen LogP) is 2.00. The zero-order chi connectivity index (χ0) is 13.1. The van der Waals surface area contributed by atoms with Crippen molar-refractivity contribution in [3.8, 4) is 0 Å². The van der Waals surface area contributed by atoms with Gasteiger partial charge >= 0.3 is 5.97 Å². The number of carboxylic acid groups (broad SMARTS) is 1. The van der Waals surface area contributed by atoms with Gasteiger partial charge in [0.1, 0.15) is 0 Å². The summed E-state index contributed by atoms with van der Waals surface area (Å²) in [5.41, 5.74) is 0.656. The number of amides is 1. The molecule has 1 aromatic rings. The highest BCUT2D eigenvalue weighted by Gasteiger charge is 2.35. The number of carbonyl (C=O) groups is 2. The molecule has 1 aliphatic carbocycles. The highest BCUT2D eigenvalue weighted by Crippen LogP contribution is 2.28. The van der Waals surface area contributed by atoms with Crippen LogP contribution in [-0.4, -0.2) is 29.3 Å². The van der Waals surface area contributed by atoms with E-state index in [1.54, 1.807) is 6.07 Å². The largest absolute Gasteiger partial charge is 0.481 e. The maximum absolute atomic E-state index is 12.0. The van der Waals surface area contributed by atoms with Gasteiger partial charge in [0.15, 0.2) is 0 Å². The second-order valence-corrected chi connectivity index (χ2v) is 5.23. The number of hydrogen-bond acceptors (Lipinski definition) is 3. The molecule has 2 N–H and O–H groups in total. The van der Waals surface area contributed by atoms with Crippen LogP contribution in [0.2, 0.25) is 0 Å². The lowest BCUT2D eigenvalue weighted by molar-refractivity contribution is -0.145. The number of rotatable bonds is 4. The average molecular weight is 265 g/mol. The van der Waals surface area contributed by atoms with E-state index in [9.17, 15) is 9.59 Å². The third kappa shape index (κ3) is 2.67. The monoisotopic (exact) mass is 265 g/mol. The fourth-order valence-corrected chi connectivity index (χ4v) is 2.63. The van der Waals surface area contributed by atoms with Gasteiger partial charge in [0, 0.05) is 10.9 Å². The minimum absolute atomic E-state index is 0.00601. The quantitative estimate of drug-likeness (QED) is 0.817.